The Hall–Kier alpha value is 1.12. The molecule has 0 nitrogen and oxygen atoms in total. The van der Waals surface area contributed by atoms with Gasteiger partial charge in [0, 0.05) is 0 Å². The summed E-state index contributed by atoms with van der Waals surface area (Å²) in [6, 6.07) is 0. The first kappa shape index (κ1) is 10.1. The van der Waals surface area contributed by atoms with Gasteiger partial charge in [-0.2, -0.15) is 0 Å². The topological polar surface area (TPSA) is 0 Å². The van der Waals surface area contributed by atoms with Gasteiger partial charge in [0.15, 0.2) is 0 Å². The van der Waals surface area contributed by atoms with Gasteiger partial charge in [0.2, 0.25) is 0 Å². The van der Waals surface area contributed by atoms with E-state index < -0.39 is 0 Å². The number of allylic oxidation sites excluding steroid dienone is 4. The Morgan fingerprint density at radius 3 is 1.78 bits per heavy atom. The molecule has 0 saturated heterocycles. The molecular weight excluding hydrogens is 135 g/mol. The molecular formula is C8H13K. The monoisotopic (exact) mass is 148 g/mol. The molecule has 0 fully saturated rings. The maximum atomic E-state index is 2.23. The second kappa shape index (κ2) is 7.23. The van der Waals surface area contributed by atoms with E-state index in [0.29, 0.717) is 0 Å². The normalized spacial score (nSPS) is 17.8. The van der Waals surface area contributed by atoms with Gasteiger partial charge in [-0.15, -0.1) is 0 Å². The predicted molar refractivity (Wildman–Crippen MR) is 37.9 cm³/mol. The minimum Gasteiger partial charge on any atom is -1.00 e. The van der Waals surface area contributed by atoms with E-state index in [1.54, 1.807) is 0 Å². The van der Waals surface area contributed by atoms with Crippen LogP contribution in [0.15, 0.2) is 24.3 Å². The summed E-state index contributed by atoms with van der Waals surface area (Å²) in [6.45, 7) is 0. The standard InChI is InChI=1S/C8H12.K.H/c1-2-4-6-8-7-5-3-1;;/h1-4H,5-8H2;;/q;+1;-1. The van der Waals surface area contributed by atoms with Crippen molar-refractivity contribution in [2.24, 2.45) is 0 Å². The Balaban J connectivity index is 0. The zero-order valence-corrected chi connectivity index (χ0v) is 9.26. The van der Waals surface area contributed by atoms with Crippen LogP contribution in [-0.4, -0.2) is 0 Å². The molecule has 0 bridgehead atoms. The Morgan fingerprint density at radius 1 is 0.889 bits per heavy atom. The molecule has 0 radical (unpaired) electrons. The summed E-state index contributed by atoms with van der Waals surface area (Å²) >= 11 is 0. The van der Waals surface area contributed by atoms with Crippen LogP contribution in [0.2, 0.25) is 0 Å². The third-order valence-electron chi connectivity index (χ3n) is 1.37. The maximum absolute atomic E-state index is 2.23. The van der Waals surface area contributed by atoms with Gasteiger partial charge in [0.25, 0.3) is 0 Å². The first-order valence-corrected chi connectivity index (χ1v) is 3.32. The molecule has 0 aromatic heterocycles. The van der Waals surface area contributed by atoms with Gasteiger partial charge >= 0.3 is 51.4 Å². The fourth-order valence-electron chi connectivity index (χ4n) is 0.874. The predicted octanol–water partition coefficient (Wildman–Crippen LogP) is -0.211. The van der Waals surface area contributed by atoms with Crippen molar-refractivity contribution in [1.82, 2.24) is 0 Å². The van der Waals surface area contributed by atoms with Crippen LogP contribution in [0.5, 0.6) is 0 Å². The molecule has 0 spiro atoms. The van der Waals surface area contributed by atoms with Crippen LogP contribution in [0.4, 0.5) is 0 Å². The quantitative estimate of drug-likeness (QED) is 0.417. The van der Waals surface area contributed by atoms with E-state index in [0.717, 1.165) is 0 Å². The molecule has 0 unspecified atom stereocenters. The summed E-state index contributed by atoms with van der Waals surface area (Å²) in [4.78, 5) is 0. The fraction of sp³-hybridized carbons (Fsp3) is 0.500. The van der Waals surface area contributed by atoms with Gasteiger partial charge in [-0.3, -0.25) is 0 Å². The van der Waals surface area contributed by atoms with Crippen molar-refractivity contribution in [2.45, 2.75) is 25.7 Å². The third kappa shape index (κ3) is 5.56. The fourth-order valence-corrected chi connectivity index (χ4v) is 0.874. The van der Waals surface area contributed by atoms with E-state index in [2.05, 4.69) is 24.3 Å². The second-order valence-corrected chi connectivity index (χ2v) is 2.14. The van der Waals surface area contributed by atoms with Crippen LogP contribution in [0.3, 0.4) is 0 Å². The summed E-state index contributed by atoms with van der Waals surface area (Å²) in [5, 5.41) is 0. The van der Waals surface area contributed by atoms with Gasteiger partial charge in [-0.05, 0) is 25.7 Å². The average molecular weight is 148 g/mol. The van der Waals surface area contributed by atoms with Crippen LogP contribution < -0.4 is 51.4 Å². The van der Waals surface area contributed by atoms with Crippen LogP contribution in [0.1, 0.15) is 27.1 Å². The molecule has 1 aliphatic rings. The Morgan fingerprint density at radius 2 is 1.33 bits per heavy atom. The van der Waals surface area contributed by atoms with Crippen LogP contribution in [0.25, 0.3) is 0 Å². The van der Waals surface area contributed by atoms with E-state index in [1.165, 1.54) is 25.7 Å². The molecule has 0 aromatic rings. The van der Waals surface area contributed by atoms with Crippen molar-refractivity contribution in [3.05, 3.63) is 24.3 Å². The number of hydrogen-bond donors (Lipinski definition) is 0. The molecule has 9 heavy (non-hydrogen) atoms. The molecule has 0 N–H and O–H groups in total. The summed E-state index contributed by atoms with van der Waals surface area (Å²) in [6.07, 6.45) is 14.0. The summed E-state index contributed by atoms with van der Waals surface area (Å²) in [5.41, 5.74) is 0. The number of rotatable bonds is 0. The van der Waals surface area contributed by atoms with E-state index in [-0.39, 0.29) is 52.8 Å². The molecule has 46 valence electrons. The first-order chi connectivity index (χ1) is 4.00. The van der Waals surface area contributed by atoms with E-state index in [1.807, 2.05) is 0 Å². The molecule has 0 amide bonds. The van der Waals surface area contributed by atoms with Gasteiger partial charge in [0.1, 0.15) is 0 Å². The Bertz CT molecular complexity index is 93.8. The zero-order chi connectivity index (χ0) is 5.66. The van der Waals surface area contributed by atoms with E-state index in [4.69, 9.17) is 0 Å². The van der Waals surface area contributed by atoms with Gasteiger partial charge in [-0.25, -0.2) is 0 Å². The third-order valence-corrected chi connectivity index (χ3v) is 1.37. The van der Waals surface area contributed by atoms with Crippen molar-refractivity contribution in [2.75, 3.05) is 0 Å². The first-order valence-electron chi connectivity index (χ1n) is 3.32. The van der Waals surface area contributed by atoms with E-state index in [9.17, 15) is 0 Å². The van der Waals surface area contributed by atoms with Crippen molar-refractivity contribution < 1.29 is 52.8 Å². The van der Waals surface area contributed by atoms with Crippen LogP contribution in [-0.2, 0) is 0 Å². The largest absolute Gasteiger partial charge is 1.00 e. The zero-order valence-electron chi connectivity index (χ0n) is 7.14. The second-order valence-electron chi connectivity index (χ2n) is 2.14. The number of hydrogen-bond acceptors (Lipinski definition) is 0. The van der Waals surface area contributed by atoms with E-state index >= 15 is 0 Å². The molecule has 0 heterocycles. The van der Waals surface area contributed by atoms with Crippen molar-refractivity contribution >= 4 is 0 Å². The summed E-state index contributed by atoms with van der Waals surface area (Å²) in [5.74, 6) is 0. The molecule has 0 aromatic carbocycles. The molecule has 1 aliphatic carbocycles. The average Bonchev–Trinajstić information content (AvgIpc) is 1.62. The minimum absolute atomic E-state index is 0. The van der Waals surface area contributed by atoms with Crippen LogP contribution in [0, 0.1) is 0 Å². The van der Waals surface area contributed by atoms with Crippen molar-refractivity contribution in [3.63, 3.8) is 0 Å². The SMILES string of the molecule is C1=CCCCCC=C1.[H-].[K+]. The minimum atomic E-state index is 0. The maximum Gasteiger partial charge on any atom is 1.00 e. The molecule has 0 atom stereocenters. The van der Waals surface area contributed by atoms with Gasteiger partial charge < -0.3 is 1.43 Å². The molecule has 1 heteroatoms. The molecule has 1 rings (SSSR count). The Kier molecular flexibility index (Phi) is 8.12. The molecule has 0 saturated carbocycles. The summed E-state index contributed by atoms with van der Waals surface area (Å²) in [7, 11) is 0. The van der Waals surface area contributed by atoms with Crippen molar-refractivity contribution in [3.8, 4) is 0 Å². The molecule has 0 aliphatic heterocycles. The smallest absolute Gasteiger partial charge is 1.00 e. The van der Waals surface area contributed by atoms with Crippen LogP contribution >= 0.6 is 0 Å². The van der Waals surface area contributed by atoms with Gasteiger partial charge in [-0.1, -0.05) is 24.3 Å². The van der Waals surface area contributed by atoms with Crippen molar-refractivity contribution in [1.29, 1.82) is 0 Å². The van der Waals surface area contributed by atoms with Gasteiger partial charge in [0.05, 0.1) is 0 Å². The summed E-state index contributed by atoms with van der Waals surface area (Å²) < 4.78 is 0. The Labute approximate surface area is 101 Å².